The van der Waals surface area contributed by atoms with Crippen LogP contribution < -0.4 is 0 Å². The number of amides is 1. The zero-order chi connectivity index (χ0) is 13.4. The molecule has 0 fully saturated rings. The number of aromatic amines is 1. The molecule has 0 spiro atoms. The van der Waals surface area contributed by atoms with Crippen molar-refractivity contribution in [3.63, 3.8) is 0 Å². The molecule has 1 aliphatic carbocycles. The van der Waals surface area contributed by atoms with Crippen LogP contribution in [-0.2, 0) is 12.8 Å². The van der Waals surface area contributed by atoms with Crippen LogP contribution in [0.4, 0.5) is 0 Å². The fourth-order valence-electron chi connectivity index (χ4n) is 2.47. The van der Waals surface area contributed by atoms with E-state index >= 15 is 0 Å². The number of aromatic nitrogens is 3. The first-order valence-electron chi connectivity index (χ1n) is 6.42. The number of H-pyrrole nitrogens is 1. The SMILES string of the molecule is CC(c1ccon1)N(C)C(=O)c1n[nH]c2c1CCC2. The molecule has 3 rings (SSSR count). The third kappa shape index (κ3) is 1.93. The highest BCUT2D eigenvalue weighted by atomic mass is 16.5. The molecule has 0 saturated heterocycles. The van der Waals surface area contributed by atoms with Gasteiger partial charge >= 0.3 is 0 Å². The molecule has 1 unspecified atom stereocenters. The fraction of sp³-hybridized carbons (Fsp3) is 0.462. The van der Waals surface area contributed by atoms with Crippen molar-refractivity contribution in [2.45, 2.75) is 32.2 Å². The van der Waals surface area contributed by atoms with Crippen molar-refractivity contribution in [1.29, 1.82) is 0 Å². The first-order chi connectivity index (χ1) is 9.18. The summed E-state index contributed by atoms with van der Waals surface area (Å²) in [5, 5.41) is 11.0. The third-order valence-corrected chi connectivity index (χ3v) is 3.80. The normalized spacial score (nSPS) is 15.3. The molecule has 6 nitrogen and oxygen atoms in total. The van der Waals surface area contributed by atoms with Crippen molar-refractivity contribution in [2.24, 2.45) is 0 Å². The third-order valence-electron chi connectivity index (χ3n) is 3.80. The molecule has 1 amide bonds. The molecule has 6 heteroatoms. The first kappa shape index (κ1) is 12.0. The average Bonchev–Trinajstić information content (AvgIpc) is 3.11. The van der Waals surface area contributed by atoms with E-state index in [9.17, 15) is 4.79 Å². The van der Waals surface area contributed by atoms with Gasteiger partial charge in [-0.05, 0) is 26.2 Å². The Kier molecular flexibility index (Phi) is 2.85. The Hall–Kier alpha value is -2.11. The van der Waals surface area contributed by atoms with Gasteiger partial charge in [-0.3, -0.25) is 9.89 Å². The van der Waals surface area contributed by atoms with Crippen molar-refractivity contribution in [1.82, 2.24) is 20.3 Å². The second-order valence-electron chi connectivity index (χ2n) is 4.90. The summed E-state index contributed by atoms with van der Waals surface area (Å²) < 4.78 is 4.82. The number of fused-ring (bicyclic) bond motifs is 1. The zero-order valence-corrected chi connectivity index (χ0v) is 11.0. The number of rotatable bonds is 3. The molecular formula is C13H16N4O2. The van der Waals surface area contributed by atoms with Gasteiger partial charge in [-0.25, -0.2) is 0 Å². The molecule has 0 radical (unpaired) electrons. The summed E-state index contributed by atoms with van der Waals surface area (Å²) in [4.78, 5) is 14.1. The van der Waals surface area contributed by atoms with Gasteiger partial charge in [0.15, 0.2) is 5.69 Å². The van der Waals surface area contributed by atoms with E-state index in [2.05, 4.69) is 15.4 Å². The molecule has 0 aliphatic heterocycles. The van der Waals surface area contributed by atoms with Gasteiger partial charge in [-0.1, -0.05) is 5.16 Å². The van der Waals surface area contributed by atoms with E-state index in [1.54, 1.807) is 18.0 Å². The Morgan fingerprint density at radius 3 is 3.11 bits per heavy atom. The number of nitrogens with one attached hydrogen (secondary N) is 1. The van der Waals surface area contributed by atoms with Gasteiger partial charge in [0.2, 0.25) is 0 Å². The predicted molar refractivity (Wildman–Crippen MR) is 67.6 cm³/mol. The molecule has 0 aromatic carbocycles. The number of nitrogens with zero attached hydrogens (tertiary/aromatic N) is 3. The maximum Gasteiger partial charge on any atom is 0.274 e. The number of hydrogen-bond donors (Lipinski definition) is 1. The molecule has 19 heavy (non-hydrogen) atoms. The Morgan fingerprint density at radius 2 is 2.37 bits per heavy atom. The number of carbonyl (C=O) groups is 1. The molecule has 0 saturated carbocycles. The van der Waals surface area contributed by atoms with Gasteiger partial charge in [0, 0.05) is 24.4 Å². The van der Waals surface area contributed by atoms with E-state index in [4.69, 9.17) is 4.52 Å². The molecule has 2 aromatic heterocycles. The summed E-state index contributed by atoms with van der Waals surface area (Å²) in [5.41, 5.74) is 3.46. The van der Waals surface area contributed by atoms with Gasteiger partial charge in [0.05, 0.1) is 6.04 Å². The van der Waals surface area contributed by atoms with Crippen LogP contribution in [0.3, 0.4) is 0 Å². The average molecular weight is 260 g/mol. The Bertz CT molecular complexity index is 588. The van der Waals surface area contributed by atoms with Crippen molar-refractivity contribution >= 4 is 5.91 Å². The lowest BCUT2D eigenvalue weighted by molar-refractivity contribution is 0.0730. The summed E-state index contributed by atoms with van der Waals surface area (Å²) in [7, 11) is 1.76. The van der Waals surface area contributed by atoms with Crippen LogP contribution in [0.5, 0.6) is 0 Å². The highest BCUT2D eigenvalue weighted by Gasteiger charge is 2.28. The van der Waals surface area contributed by atoms with Crippen LogP contribution in [0.15, 0.2) is 16.9 Å². The van der Waals surface area contributed by atoms with E-state index in [0.717, 1.165) is 36.2 Å². The molecule has 2 heterocycles. The van der Waals surface area contributed by atoms with Crippen molar-refractivity contribution in [2.75, 3.05) is 7.05 Å². The predicted octanol–water partition coefficient (Wildman–Crippen LogP) is 1.72. The largest absolute Gasteiger partial charge is 0.364 e. The minimum atomic E-state index is -0.139. The summed E-state index contributed by atoms with van der Waals surface area (Å²) >= 11 is 0. The summed E-state index contributed by atoms with van der Waals surface area (Å²) in [6, 6.07) is 1.63. The lowest BCUT2D eigenvalue weighted by atomic mass is 10.1. The van der Waals surface area contributed by atoms with E-state index in [-0.39, 0.29) is 11.9 Å². The van der Waals surface area contributed by atoms with Crippen molar-refractivity contribution in [3.8, 4) is 0 Å². The number of hydrogen-bond acceptors (Lipinski definition) is 4. The maximum absolute atomic E-state index is 12.5. The summed E-state index contributed by atoms with van der Waals surface area (Å²) in [6.07, 6.45) is 4.51. The number of aryl methyl sites for hydroxylation is 1. The molecule has 100 valence electrons. The second kappa shape index (κ2) is 4.53. The highest BCUT2D eigenvalue weighted by molar-refractivity contribution is 5.94. The molecular weight excluding hydrogens is 244 g/mol. The molecule has 2 aromatic rings. The zero-order valence-electron chi connectivity index (χ0n) is 11.0. The van der Waals surface area contributed by atoms with Gasteiger partial charge in [0.25, 0.3) is 5.91 Å². The van der Waals surface area contributed by atoms with Crippen LogP contribution in [0.2, 0.25) is 0 Å². The smallest absolute Gasteiger partial charge is 0.274 e. The summed E-state index contributed by atoms with van der Waals surface area (Å²) in [6.45, 7) is 1.92. The molecule has 1 aliphatic rings. The van der Waals surface area contributed by atoms with Crippen molar-refractivity contribution < 1.29 is 9.32 Å². The van der Waals surface area contributed by atoms with Crippen LogP contribution in [0.25, 0.3) is 0 Å². The highest BCUT2D eigenvalue weighted by Crippen LogP contribution is 2.25. The standard InChI is InChI=1S/C13H16N4O2/c1-8(10-6-7-19-16-10)17(2)13(18)12-9-4-3-5-11(9)14-15-12/h6-8H,3-5H2,1-2H3,(H,14,15). The van der Waals surface area contributed by atoms with Crippen LogP contribution in [-0.4, -0.2) is 33.2 Å². The topological polar surface area (TPSA) is 75.0 Å². The van der Waals surface area contributed by atoms with Gasteiger partial charge in [-0.2, -0.15) is 5.10 Å². The first-order valence-corrected chi connectivity index (χ1v) is 6.42. The monoisotopic (exact) mass is 260 g/mol. The van der Waals surface area contributed by atoms with E-state index < -0.39 is 0 Å². The van der Waals surface area contributed by atoms with Crippen molar-refractivity contribution in [3.05, 3.63) is 35.0 Å². The van der Waals surface area contributed by atoms with Gasteiger partial charge < -0.3 is 9.42 Å². The molecule has 1 atom stereocenters. The fourth-order valence-corrected chi connectivity index (χ4v) is 2.47. The lowest BCUT2D eigenvalue weighted by Crippen LogP contribution is -2.30. The molecule has 1 N–H and O–H groups in total. The summed E-state index contributed by atoms with van der Waals surface area (Å²) in [5.74, 6) is -0.0742. The van der Waals surface area contributed by atoms with Crippen LogP contribution in [0.1, 0.15) is 46.8 Å². The Morgan fingerprint density at radius 1 is 1.53 bits per heavy atom. The van der Waals surface area contributed by atoms with E-state index in [1.165, 1.54) is 6.26 Å². The number of carbonyl (C=O) groups excluding carboxylic acids is 1. The second-order valence-corrected chi connectivity index (χ2v) is 4.90. The maximum atomic E-state index is 12.5. The minimum absolute atomic E-state index is 0.0742. The Balaban J connectivity index is 1.83. The van der Waals surface area contributed by atoms with E-state index in [0.29, 0.717) is 5.69 Å². The van der Waals surface area contributed by atoms with Crippen LogP contribution in [0, 0.1) is 0 Å². The van der Waals surface area contributed by atoms with Crippen LogP contribution >= 0.6 is 0 Å². The van der Waals surface area contributed by atoms with Gasteiger partial charge in [-0.15, -0.1) is 0 Å². The Labute approximate surface area is 110 Å². The minimum Gasteiger partial charge on any atom is -0.364 e. The van der Waals surface area contributed by atoms with E-state index in [1.807, 2.05) is 6.92 Å². The quantitative estimate of drug-likeness (QED) is 0.911. The molecule has 0 bridgehead atoms. The van der Waals surface area contributed by atoms with Gasteiger partial charge in [0.1, 0.15) is 12.0 Å². The lowest BCUT2D eigenvalue weighted by Gasteiger charge is -2.22.